The first-order chi connectivity index (χ1) is 14.0. The number of halogens is 2. The molecule has 3 fully saturated rings. The Morgan fingerprint density at radius 1 is 0.931 bits per heavy atom. The molecule has 0 radical (unpaired) electrons. The summed E-state index contributed by atoms with van der Waals surface area (Å²) in [7, 11) is 1.62. The summed E-state index contributed by atoms with van der Waals surface area (Å²) in [5, 5.41) is 4.98. The van der Waals surface area contributed by atoms with Gasteiger partial charge >= 0.3 is 0 Å². The molecule has 0 bridgehead atoms. The molecule has 2 amide bonds. The van der Waals surface area contributed by atoms with E-state index in [1.54, 1.807) is 25.3 Å². The van der Waals surface area contributed by atoms with E-state index in [1.807, 2.05) is 24.3 Å². The number of rotatable bonds is 3. The van der Waals surface area contributed by atoms with Crippen LogP contribution in [0.15, 0.2) is 42.5 Å². The van der Waals surface area contributed by atoms with Gasteiger partial charge in [0.1, 0.15) is 11.8 Å². The van der Waals surface area contributed by atoms with Crippen molar-refractivity contribution in [3.05, 3.63) is 58.1 Å². The van der Waals surface area contributed by atoms with Crippen molar-refractivity contribution in [2.24, 2.45) is 5.92 Å². The van der Waals surface area contributed by atoms with Crippen molar-refractivity contribution in [2.75, 3.05) is 25.1 Å². The topological polar surface area (TPSA) is 53.1 Å². The summed E-state index contributed by atoms with van der Waals surface area (Å²) in [6.07, 6.45) is 0.957. The number of hydrogen-bond donors (Lipinski definition) is 0. The third-order valence-electron chi connectivity index (χ3n) is 6.01. The number of fused-ring (bicyclic) bond motifs is 3. The first-order valence-corrected chi connectivity index (χ1v) is 10.3. The van der Waals surface area contributed by atoms with Crippen molar-refractivity contribution < 1.29 is 14.3 Å². The van der Waals surface area contributed by atoms with Crippen LogP contribution < -0.4 is 9.64 Å². The molecule has 150 valence electrons. The standard InChI is InChI=1S/C21H19Cl2N3O3/c1-29-14-6-3-12(4-7-14)18-17-19(25-10-2-9-24(18)25)21(28)26(20(17)27)16-8-5-13(22)11-15(16)23/h3-8,11,17-19H,2,9-10H2,1H3/t17-,18-,19-/m1/s1. The fourth-order valence-corrected chi connectivity index (χ4v) is 5.31. The Morgan fingerprint density at radius 2 is 1.62 bits per heavy atom. The van der Waals surface area contributed by atoms with E-state index in [2.05, 4.69) is 10.0 Å². The Kier molecular flexibility index (Phi) is 4.55. The number of amides is 2. The summed E-state index contributed by atoms with van der Waals surface area (Å²) >= 11 is 12.3. The number of ether oxygens (including phenoxy) is 1. The molecule has 0 aliphatic carbocycles. The second-order valence-corrected chi connectivity index (χ2v) is 8.32. The largest absolute Gasteiger partial charge is 0.497 e. The van der Waals surface area contributed by atoms with Crippen LogP contribution in [0.4, 0.5) is 5.69 Å². The number of imide groups is 1. The van der Waals surface area contributed by atoms with Crippen LogP contribution >= 0.6 is 23.2 Å². The highest BCUT2D eigenvalue weighted by Crippen LogP contribution is 2.49. The van der Waals surface area contributed by atoms with Gasteiger partial charge in [-0.25, -0.2) is 14.9 Å². The Balaban J connectivity index is 1.57. The van der Waals surface area contributed by atoms with Crippen LogP contribution in [-0.4, -0.2) is 48.1 Å². The summed E-state index contributed by atoms with van der Waals surface area (Å²) in [6, 6.07) is 11.8. The molecule has 0 unspecified atom stereocenters. The van der Waals surface area contributed by atoms with Gasteiger partial charge in [0.25, 0.3) is 5.91 Å². The molecule has 6 nitrogen and oxygen atoms in total. The molecule has 8 heteroatoms. The summed E-state index contributed by atoms with van der Waals surface area (Å²) < 4.78 is 5.26. The van der Waals surface area contributed by atoms with Crippen LogP contribution in [0.3, 0.4) is 0 Å². The van der Waals surface area contributed by atoms with Gasteiger partial charge in [-0.15, -0.1) is 0 Å². The van der Waals surface area contributed by atoms with Gasteiger partial charge in [0.05, 0.1) is 29.8 Å². The molecule has 3 atom stereocenters. The molecule has 3 aliphatic rings. The van der Waals surface area contributed by atoms with Crippen molar-refractivity contribution in [1.82, 2.24) is 10.0 Å². The van der Waals surface area contributed by atoms with Gasteiger partial charge in [-0.2, -0.15) is 0 Å². The zero-order valence-corrected chi connectivity index (χ0v) is 17.2. The van der Waals surface area contributed by atoms with Crippen molar-refractivity contribution >= 4 is 40.7 Å². The third-order valence-corrected chi connectivity index (χ3v) is 6.55. The van der Waals surface area contributed by atoms with E-state index in [0.717, 1.165) is 30.8 Å². The zero-order chi connectivity index (χ0) is 20.3. The highest BCUT2D eigenvalue weighted by molar-refractivity contribution is 6.38. The number of benzene rings is 2. The van der Waals surface area contributed by atoms with Gasteiger partial charge in [-0.1, -0.05) is 35.3 Å². The number of hydrogen-bond acceptors (Lipinski definition) is 5. The fraction of sp³-hybridized carbons (Fsp3) is 0.333. The molecule has 3 saturated heterocycles. The molecule has 3 aliphatic heterocycles. The molecule has 0 saturated carbocycles. The lowest BCUT2D eigenvalue weighted by atomic mass is 9.90. The van der Waals surface area contributed by atoms with Crippen LogP contribution in [-0.2, 0) is 9.59 Å². The number of carbonyl (C=O) groups excluding carboxylic acids is 2. The van der Waals surface area contributed by atoms with Crippen LogP contribution in [0, 0.1) is 5.92 Å². The predicted molar refractivity (Wildman–Crippen MR) is 110 cm³/mol. The highest BCUT2D eigenvalue weighted by atomic mass is 35.5. The van der Waals surface area contributed by atoms with Gasteiger partial charge in [-0.3, -0.25) is 9.59 Å². The van der Waals surface area contributed by atoms with Crippen molar-refractivity contribution in [3.8, 4) is 5.75 Å². The Labute approximate surface area is 178 Å². The fourth-order valence-electron chi connectivity index (χ4n) is 4.81. The summed E-state index contributed by atoms with van der Waals surface area (Å²) in [5.41, 5.74) is 1.38. The maximum Gasteiger partial charge on any atom is 0.253 e. The van der Waals surface area contributed by atoms with E-state index in [-0.39, 0.29) is 17.9 Å². The van der Waals surface area contributed by atoms with Crippen LogP contribution in [0.25, 0.3) is 0 Å². The van der Waals surface area contributed by atoms with E-state index < -0.39 is 12.0 Å². The third kappa shape index (κ3) is 2.78. The van der Waals surface area contributed by atoms with Crippen LogP contribution in [0.2, 0.25) is 10.0 Å². The average Bonchev–Trinajstić information content (AvgIpc) is 3.35. The predicted octanol–water partition coefficient (Wildman–Crippen LogP) is 3.54. The number of hydrazine groups is 1. The maximum atomic E-state index is 13.5. The quantitative estimate of drug-likeness (QED) is 0.695. The molecule has 3 heterocycles. The Morgan fingerprint density at radius 3 is 2.28 bits per heavy atom. The van der Waals surface area contributed by atoms with Crippen LogP contribution in [0.1, 0.15) is 18.0 Å². The molecule has 5 rings (SSSR count). The molecular weight excluding hydrogens is 413 g/mol. The van der Waals surface area contributed by atoms with Crippen molar-refractivity contribution in [2.45, 2.75) is 18.5 Å². The Hall–Kier alpha value is -2.12. The van der Waals surface area contributed by atoms with E-state index in [0.29, 0.717) is 15.7 Å². The summed E-state index contributed by atoms with van der Waals surface area (Å²) in [4.78, 5) is 28.1. The monoisotopic (exact) mass is 431 g/mol. The van der Waals surface area contributed by atoms with Crippen molar-refractivity contribution in [3.63, 3.8) is 0 Å². The minimum Gasteiger partial charge on any atom is -0.497 e. The minimum absolute atomic E-state index is 0.194. The summed E-state index contributed by atoms with van der Waals surface area (Å²) in [5.74, 6) is -0.181. The molecule has 2 aromatic rings. The van der Waals surface area contributed by atoms with E-state index >= 15 is 0 Å². The molecule has 0 spiro atoms. The van der Waals surface area contributed by atoms with Gasteiger partial charge in [0, 0.05) is 18.1 Å². The van der Waals surface area contributed by atoms with E-state index in [4.69, 9.17) is 27.9 Å². The molecule has 29 heavy (non-hydrogen) atoms. The maximum absolute atomic E-state index is 13.5. The lowest BCUT2D eigenvalue weighted by molar-refractivity contribution is -0.126. The minimum atomic E-state index is -0.510. The zero-order valence-electron chi connectivity index (χ0n) is 15.7. The van der Waals surface area contributed by atoms with Gasteiger partial charge in [0.2, 0.25) is 5.91 Å². The lowest BCUT2D eigenvalue weighted by Gasteiger charge is -2.30. The molecule has 0 N–H and O–H groups in total. The van der Waals surface area contributed by atoms with Crippen molar-refractivity contribution in [1.29, 1.82) is 0 Å². The normalized spacial score (nSPS) is 26.9. The molecular formula is C21H19Cl2N3O3. The second-order valence-electron chi connectivity index (χ2n) is 7.48. The molecule has 0 aromatic heterocycles. The summed E-state index contributed by atoms with van der Waals surface area (Å²) in [6.45, 7) is 1.58. The Bertz CT molecular complexity index is 997. The number of methoxy groups -OCH3 is 1. The number of anilines is 1. The van der Waals surface area contributed by atoms with E-state index in [9.17, 15) is 9.59 Å². The lowest BCUT2D eigenvalue weighted by Crippen LogP contribution is -2.44. The first kappa shape index (κ1) is 18.9. The smallest absolute Gasteiger partial charge is 0.253 e. The number of nitrogens with zero attached hydrogens (tertiary/aromatic N) is 3. The van der Waals surface area contributed by atoms with Gasteiger partial charge < -0.3 is 4.74 Å². The number of carbonyl (C=O) groups is 2. The first-order valence-electron chi connectivity index (χ1n) is 9.51. The van der Waals surface area contributed by atoms with Gasteiger partial charge in [-0.05, 0) is 42.3 Å². The highest BCUT2D eigenvalue weighted by Gasteiger charge is 2.63. The second kappa shape index (κ2) is 6.99. The SMILES string of the molecule is COc1ccc([C@@H]2[C@H]3C(=O)N(c4ccc(Cl)cc4Cl)C(=O)[C@@H]3N3CCCN23)cc1. The van der Waals surface area contributed by atoms with Crippen LogP contribution in [0.5, 0.6) is 5.75 Å². The van der Waals surface area contributed by atoms with E-state index in [1.165, 1.54) is 4.90 Å². The molecule has 2 aromatic carbocycles. The average molecular weight is 432 g/mol. The van der Waals surface area contributed by atoms with Gasteiger partial charge in [0.15, 0.2) is 0 Å².